The van der Waals surface area contributed by atoms with Gasteiger partial charge in [-0.05, 0) is 50.1 Å². The number of guanidine groups is 1. The number of piperidine rings is 1. The highest BCUT2D eigenvalue weighted by Gasteiger charge is 2.35. The third kappa shape index (κ3) is 6.35. The van der Waals surface area contributed by atoms with E-state index in [1.54, 1.807) is 19.1 Å². The molecule has 0 aliphatic carbocycles. The van der Waals surface area contributed by atoms with Gasteiger partial charge in [-0.25, -0.2) is 9.79 Å². The van der Waals surface area contributed by atoms with Crippen LogP contribution in [0.1, 0.15) is 25.3 Å². The van der Waals surface area contributed by atoms with Crippen molar-refractivity contribution in [2.45, 2.75) is 31.8 Å². The smallest absolute Gasteiger partial charge is 0.407 e. The Morgan fingerprint density at radius 2 is 1.83 bits per heavy atom. The maximum absolute atomic E-state index is 16.0. The van der Waals surface area contributed by atoms with Gasteiger partial charge in [0, 0.05) is 37.3 Å². The molecule has 2 unspecified atom stereocenters. The molecule has 222 valence electrons. The van der Waals surface area contributed by atoms with Gasteiger partial charge in [0.05, 0.1) is 5.69 Å². The second-order valence-electron chi connectivity index (χ2n) is 9.65. The minimum absolute atomic E-state index is 0.0693. The maximum atomic E-state index is 16.0. The number of nitrogens with one attached hydrogen (secondary N) is 1. The number of phenols is 1. The Morgan fingerprint density at radius 3 is 2.45 bits per heavy atom. The van der Waals surface area contributed by atoms with Crippen LogP contribution < -0.4 is 31.6 Å². The molecule has 13 nitrogen and oxygen atoms in total. The number of aromatic nitrogens is 1. The van der Waals surface area contributed by atoms with Gasteiger partial charge in [-0.15, -0.1) is 0 Å². The monoisotopic (exact) mass is 584 g/mol. The number of pyridine rings is 1. The van der Waals surface area contributed by atoms with E-state index in [2.05, 4.69) is 9.98 Å². The zero-order valence-electron chi connectivity index (χ0n) is 22.7. The van der Waals surface area contributed by atoms with Crippen LogP contribution in [-0.2, 0) is 0 Å². The number of hydrogen-bond donors (Lipinski definition) is 6. The normalized spacial score (nSPS) is 16.4. The SMILES string of the molecule is CC1CC(N(C)c2c(F)c(Oc3cccc(N=C(N)N)c3)nc(Oc3cc(C(=N)N)ccc3O)c2F)CCN1C(=O)O. The number of amides is 1. The van der Waals surface area contributed by atoms with Crippen molar-refractivity contribution in [2.75, 3.05) is 18.5 Å². The van der Waals surface area contributed by atoms with Crippen molar-refractivity contribution in [1.29, 1.82) is 5.41 Å². The molecule has 0 spiro atoms. The minimum atomic E-state index is -1.20. The first kappa shape index (κ1) is 29.6. The molecular formula is C27H30F2N8O5. The first-order chi connectivity index (χ1) is 19.8. The molecule has 0 bridgehead atoms. The van der Waals surface area contributed by atoms with E-state index in [-0.39, 0.29) is 35.4 Å². The van der Waals surface area contributed by atoms with Gasteiger partial charge >= 0.3 is 6.09 Å². The van der Waals surface area contributed by atoms with Gasteiger partial charge in [0.1, 0.15) is 17.3 Å². The van der Waals surface area contributed by atoms with Gasteiger partial charge in [0.15, 0.2) is 17.5 Å². The van der Waals surface area contributed by atoms with Crippen molar-refractivity contribution < 1.29 is 33.3 Å². The number of rotatable bonds is 8. The van der Waals surface area contributed by atoms with Crippen LogP contribution in [0.5, 0.6) is 29.0 Å². The predicted molar refractivity (Wildman–Crippen MR) is 151 cm³/mol. The number of hydrogen-bond acceptors (Lipinski definition) is 8. The summed E-state index contributed by atoms with van der Waals surface area (Å²) in [4.78, 5) is 22.0. The summed E-state index contributed by atoms with van der Waals surface area (Å²) in [7, 11) is 1.47. The summed E-state index contributed by atoms with van der Waals surface area (Å²) >= 11 is 0. The van der Waals surface area contributed by atoms with Crippen LogP contribution in [-0.4, -0.2) is 63.7 Å². The van der Waals surface area contributed by atoms with E-state index in [1.807, 2.05) is 0 Å². The van der Waals surface area contributed by atoms with Crippen LogP contribution in [0.25, 0.3) is 0 Å². The van der Waals surface area contributed by atoms with Crippen molar-refractivity contribution in [1.82, 2.24) is 9.88 Å². The van der Waals surface area contributed by atoms with E-state index in [9.17, 15) is 15.0 Å². The van der Waals surface area contributed by atoms with Crippen molar-refractivity contribution >= 4 is 29.3 Å². The Kier molecular flexibility index (Phi) is 8.49. The fraction of sp³-hybridized carbons (Fsp3) is 0.259. The standard InChI is InChI=1S/C27H30F2N8O5/c1-13-10-16(8-9-37(13)27(39)40)36(2)22-20(28)24(41-17-5-3-4-15(12-17)34-26(32)33)35-25(21(22)29)42-19-11-14(23(30)31)6-7-18(19)38/h3-7,11-13,16,38H,8-10H2,1-2H3,(H3,30,31)(H,39,40)(H4,32,33,34). The Morgan fingerprint density at radius 1 is 1.14 bits per heavy atom. The first-order valence-corrected chi connectivity index (χ1v) is 12.7. The molecule has 1 aliphatic rings. The van der Waals surface area contributed by atoms with Crippen LogP contribution in [0, 0.1) is 17.0 Å². The highest BCUT2D eigenvalue weighted by atomic mass is 19.1. The van der Waals surface area contributed by atoms with Crippen molar-refractivity contribution in [2.24, 2.45) is 22.2 Å². The zero-order valence-corrected chi connectivity index (χ0v) is 22.7. The summed E-state index contributed by atoms with van der Waals surface area (Å²) in [6.45, 7) is 1.88. The van der Waals surface area contributed by atoms with Crippen LogP contribution in [0.3, 0.4) is 0 Å². The summed E-state index contributed by atoms with van der Waals surface area (Å²) < 4.78 is 43.3. The van der Waals surface area contributed by atoms with Crippen LogP contribution in [0.2, 0.25) is 0 Å². The quantitative estimate of drug-likeness (QED) is 0.166. The number of nitrogens with two attached hydrogens (primary N) is 3. The summed E-state index contributed by atoms with van der Waals surface area (Å²) in [6.07, 6.45) is -0.493. The van der Waals surface area contributed by atoms with E-state index in [0.29, 0.717) is 18.5 Å². The number of aliphatic imine (C=N–C) groups is 1. The molecule has 0 saturated carbocycles. The molecule has 1 aliphatic heterocycles. The average Bonchev–Trinajstić information content (AvgIpc) is 2.92. The molecule has 1 amide bonds. The van der Waals surface area contributed by atoms with Crippen molar-refractivity contribution in [3.05, 3.63) is 59.7 Å². The van der Waals surface area contributed by atoms with Crippen molar-refractivity contribution in [3.63, 3.8) is 0 Å². The molecule has 1 fully saturated rings. The first-order valence-electron chi connectivity index (χ1n) is 12.7. The Hall–Kier alpha value is -5.34. The number of benzene rings is 2. The van der Waals surface area contributed by atoms with E-state index in [4.69, 9.17) is 32.1 Å². The van der Waals surface area contributed by atoms with Gasteiger partial charge in [-0.3, -0.25) is 5.41 Å². The predicted octanol–water partition coefficient (Wildman–Crippen LogP) is 3.81. The number of carbonyl (C=O) groups is 1. The third-order valence-electron chi connectivity index (χ3n) is 6.76. The number of nitrogens with zero attached hydrogens (tertiary/aromatic N) is 4. The van der Waals surface area contributed by atoms with Crippen LogP contribution in [0.15, 0.2) is 47.5 Å². The maximum Gasteiger partial charge on any atom is 0.407 e. The number of likely N-dealkylation sites (tertiary alicyclic amines) is 1. The number of amidine groups is 1. The Balaban J connectivity index is 1.79. The average molecular weight is 585 g/mol. The lowest BCUT2D eigenvalue weighted by atomic mass is 9.97. The van der Waals surface area contributed by atoms with E-state index in [0.717, 1.165) is 0 Å². The summed E-state index contributed by atoms with van der Waals surface area (Å²) in [5.41, 5.74) is 16.3. The number of halogens is 2. The van der Waals surface area contributed by atoms with Crippen molar-refractivity contribution in [3.8, 4) is 29.0 Å². The summed E-state index contributed by atoms with van der Waals surface area (Å²) in [6, 6.07) is 8.90. The highest BCUT2D eigenvalue weighted by molar-refractivity contribution is 5.95. The number of carboxylic acid groups (broad SMARTS) is 1. The van der Waals surface area contributed by atoms with E-state index in [1.165, 1.54) is 47.2 Å². The lowest BCUT2D eigenvalue weighted by Crippen LogP contribution is -2.50. The van der Waals surface area contributed by atoms with Gasteiger partial charge < -0.3 is 46.7 Å². The zero-order chi connectivity index (χ0) is 30.7. The molecule has 2 atom stereocenters. The molecule has 1 saturated heterocycles. The Bertz CT molecular complexity index is 1550. The fourth-order valence-corrected chi connectivity index (χ4v) is 4.64. The van der Waals surface area contributed by atoms with Gasteiger partial charge in [-0.2, -0.15) is 13.8 Å². The number of anilines is 1. The molecule has 1 aromatic heterocycles. The lowest BCUT2D eigenvalue weighted by Gasteiger charge is -2.40. The largest absolute Gasteiger partial charge is 0.504 e. The highest BCUT2D eigenvalue weighted by Crippen LogP contribution is 2.41. The lowest BCUT2D eigenvalue weighted by molar-refractivity contribution is 0.106. The Labute approximate surface area is 239 Å². The topological polar surface area (TPSA) is 210 Å². The molecule has 9 N–H and O–H groups in total. The third-order valence-corrected chi connectivity index (χ3v) is 6.76. The van der Waals surface area contributed by atoms with Crippen LogP contribution in [0.4, 0.5) is 25.0 Å². The number of ether oxygens (including phenoxy) is 2. The second-order valence-corrected chi connectivity index (χ2v) is 9.65. The second kappa shape index (κ2) is 12.0. The molecule has 2 aromatic carbocycles. The molecule has 15 heteroatoms. The number of nitrogen functional groups attached to an aromatic ring is 1. The minimum Gasteiger partial charge on any atom is -0.504 e. The summed E-state index contributed by atoms with van der Waals surface area (Å²) in [5.74, 6) is -4.93. The van der Waals surface area contributed by atoms with E-state index < -0.39 is 53.0 Å². The van der Waals surface area contributed by atoms with Crippen LogP contribution >= 0.6 is 0 Å². The van der Waals surface area contributed by atoms with Gasteiger partial charge in [0.2, 0.25) is 11.6 Å². The summed E-state index contributed by atoms with van der Waals surface area (Å²) in [5, 5.41) is 27.4. The molecular weight excluding hydrogens is 554 g/mol. The number of aromatic hydroxyl groups is 1. The van der Waals surface area contributed by atoms with E-state index >= 15 is 8.78 Å². The van der Waals surface area contributed by atoms with Gasteiger partial charge in [-0.1, -0.05) is 6.07 Å². The van der Waals surface area contributed by atoms with Gasteiger partial charge in [0.25, 0.3) is 11.8 Å². The molecule has 2 heterocycles. The molecule has 3 aromatic rings. The molecule has 4 rings (SSSR count). The molecule has 0 radical (unpaired) electrons. The number of phenolic OH excluding ortho intramolecular Hbond substituents is 1. The fourth-order valence-electron chi connectivity index (χ4n) is 4.64. The molecule has 42 heavy (non-hydrogen) atoms.